The SMILES string of the molecule is C=C(C)c1ccccc1.C=C(CC)C(=O)OCCCCCC. The summed E-state index contributed by atoms with van der Waals surface area (Å²) in [5.74, 6) is -0.237. The van der Waals surface area contributed by atoms with E-state index in [0.29, 0.717) is 18.6 Å². The van der Waals surface area contributed by atoms with Crippen molar-refractivity contribution in [3.05, 3.63) is 54.6 Å². The normalized spacial score (nSPS) is 9.41. The number of allylic oxidation sites excluding steroid dienone is 1. The molecule has 0 aliphatic carbocycles. The summed E-state index contributed by atoms with van der Waals surface area (Å²) >= 11 is 0. The molecule has 22 heavy (non-hydrogen) atoms. The van der Waals surface area contributed by atoms with E-state index in [9.17, 15) is 4.79 Å². The van der Waals surface area contributed by atoms with Gasteiger partial charge >= 0.3 is 5.97 Å². The van der Waals surface area contributed by atoms with E-state index >= 15 is 0 Å². The molecule has 2 heteroatoms. The van der Waals surface area contributed by atoms with Crippen LogP contribution in [0, 0.1) is 0 Å². The van der Waals surface area contributed by atoms with Crippen LogP contribution < -0.4 is 0 Å². The molecule has 0 bridgehead atoms. The Bertz CT molecular complexity index is 446. The van der Waals surface area contributed by atoms with Gasteiger partial charge in [0.25, 0.3) is 0 Å². The van der Waals surface area contributed by atoms with Crippen molar-refractivity contribution in [2.24, 2.45) is 0 Å². The molecule has 0 spiro atoms. The molecule has 0 aliphatic rings. The number of esters is 1. The summed E-state index contributed by atoms with van der Waals surface area (Å²) in [5, 5.41) is 0. The lowest BCUT2D eigenvalue weighted by Gasteiger charge is -2.04. The van der Waals surface area contributed by atoms with E-state index in [0.717, 1.165) is 18.4 Å². The van der Waals surface area contributed by atoms with Gasteiger partial charge in [0.2, 0.25) is 0 Å². The van der Waals surface area contributed by atoms with Gasteiger partial charge in [0.1, 0.15) is 0 Å². The molecule has 1 aromatic carbocycles. The molecule has 122 valence electrons. The van der Waals surface area contributed by atoms with Crippen LogP contribution in [0.25, 0.3) is 5.57 Å². The molecule has 1 aromatic rings. The molecule has 2 nitrogen and oxygen atoms in total. The van der Waals surface area contributed by atoms with Gasteiger partial charge in [0.05, 0.1) is 6.61 Å². The first-order valence-electron chi connectivity index (χ1n) is 8.08. The summed E-state index contributed by atoms with van der Waals surface area (Å²) in [7, 11) is 0. The number of ether oxygens (including phenoxy) is 1. The lowest BCUT2D eigenvalue weighted by molar-refractivity contribution is -0.139. The Morgan fingerprint density at radius 1 is 1.05 bits per heavy atom. The lowest BCUT2D eigenvalue weighted by atomic mass is 10.1. The average molecular weight is 302 g/mol. The second kappa shape index (κ2) is 12.9. The standard InChI is InChI=1S/C11H20O2.C9H10/c1-4-6-7-8-9-13-11(12)10(3)5-2;1-8(2)9-6-4-3-5-7-9/h3-9H2,1-2H3;3-7H,1H2,2H3. The lowest BCUT2D eigenvalue weighted by Crippen LogP contribution is -2.07. The molecule has 0 saturated carbocycles. The summed E-state index contributed by atoms with van der Waals surface area (Å²) in [6.07, 6.45) is 5.20. The summed E-state index contributed by atoms with van der Waals surface area (Å²) in [5.41, 5.74) is 2.91. The van der Waals surface area contributed by atoms with Crippen LogP contribution in [0.15, 0.2) is 49.1 Å². The van der Waals surface area contributed by atoms with Gasteiger partial charge < -0.3 is 4.74 Å². The number of benzene rings is 1. The van der Waals surface area contributed by atoms with Gasteiger partial charge in [0.15, 0.2) is 0 Å². The second-order valence-corrected chi connectivity index (χ2v) is 5.30. The molecular weight excluding hydrogens is 272 g/mol. The molecule has 1 rings (SSSR count). The number of hydrogen-bond acceptors (Lipinski definition) is 2. The maximum Gasteiger partial charge on any atom is 0.333 e. The fraction of sp³-hybridized carbons (Fsp3) is 0.450. The second-order valence-electron chi connectivity index (χ2n) is 5.30. The molecular formula is C20H30O2. The van der Waals surface area contributed by atoms with Gasteiger partial charge in [-0.25, -0.2) is 4.79 Å². The van der Waals surface area contributed by atoms with E-state index < -0.39 is 0 Å². The highest BCUT2D eigenvalue weighted by Gasteiger charge is 2.04. The Labute approximate surface area is 135 Å². The maximum absolute atomic E-state index is 11.1. The third kappa shape index (κ3) is 9.98. The quantitative estimate of drug-likeness (QED) is 0.345. The number of unbranched alkanes of at least 4 members (excludes halogenated alkanes) is 3. The first kappa shape index (κ1) is 20.2. The van der Waals surface area contributed by atoms with Crippen molar-refractivity contribution >= 4 is 11.5 Å². The Hall–Kier alpha value is -1.83. The minimum atomic E-state index is -0.237. The smallest absolute Gasteiger partial charge is 0.333 e. The zero-order chi connectivity index (χ0) is 16.8. The molecule has 0 fully saturated rings. The highest BCUT2D eigenvalue weighted by atomic mass is 16.5. The van der Waals surface area contributed by atoms with E-state index in [1.807, 2.05) is 32.0 Å². The van der Waals surface area contributed by atoms with Crippen LogP contribution in [-0.4, -0.2) is 12.6 Å². The Kier molecular flexibility index (Phi) is 11.8. The maximum atomic E-state index is 11.1. The van der Waals surface area contributed by atoms with Crippen LogP contribution >= 0.6 is 0 Å². The van der Waals surface area contributed by atoms with Crippen LogP contribution in [0.3, 0.4) is 0 Å². The highest BCUT2D eigenvalue weighted by molar-refractivity contribution is 5.87. The van der Waals surface area contributed by atoms with Crippen molar-refractivity contribution in [3.8, 4) is 0 Å². The van der Waals surface area contributed by atoms with Crippen molar-refractivity contribution in [2.45, 2.75) is 52.9 Å². The first-order chi connectivity index (χ1) is 10.5. The number of rotatable bonds is 8. The van der Waals surface area contributed by atoms with Crippen LogP contribution in [0.1, 0.15) is 58.4 Å². The Morgan fingerprint density at radius 2 is 1.68 bits per heavy atom. The van der Waals surface area contributed by atoms with Crippen LogP contribution in [0.4, 0.5) is 0 Å². The average Bonchev–Trinajstić information content (AvgIpc) is 2.55. The molecule has 0 atom stereocenters. The molecule has 0 aliphatic heterocycles. The van der Waals surface area contributed by atoms with Crippen LogP contribution in [0.2, 0.25) is 0 Å². The van der Waals surface area contributed by atoms with E-state index in [2.05, 4.69) is 32.2 Å². The predicted molar refractivity (Wildman–Crippen MR) is 95.7 cm³/mol. The number of carbonyl (C=O) groups excluding carboxylic acids is 1. The van der Waals surface area contributed by atoms with Gasteiger partial charge in [0, 0.05) is 5.57 Å². The fourth-order valence-corrected chi connectivity index (χ4v) is 1.66. The molecule has 0 aromatic heterocycles. The van der Waals surface area contributed by atoms with E-state index in [-0.39, 0.29) is 5.97 Å². The fourth-order valence-electron chi connectivity index (χ4n) is 1.66. The number of hydrogen-bond donors (Lipinski definition) is 0. The Balaban J connectivity index is 0.000000425. The topological polar surface area (TPSA) is 26.3 Å². The summed E-state index contributed by atoms with van der Waals surface area (Å²) in [6, 6.07) is 10.2. The zero-order valence-corrected chi connectivity index (χ0v) is 14.4. The predicted octanol–water partition coefficient (Wildman–Crippen LogP) is 5.80. The van der Waals surface area contributed by atoms with Crippen molar-refractivity contribution < 1.29 is 9.53 Å². The third-order valence-corrected chi connectivity index (χ3v) is 3.21. The van der Waals surface area contributed by atoms with E-state index in [1.54, 1.807) is 0 Å². The van der Waals surface area contributed by atoms with Gasteiger partial charge in [-0.05, 0) is 25.3 Å². The summed E-state index contributed by atoms with van der Waals surface area (Å²) < 4.78 is 5.00. The van der Waals surface area contributed by atoms with Gasteiger partial charge in [-0.1, -0.05) is 82.2 Å². The first-order valence-corrected chi connectivity index (χ1v) is 8.08. The monoisotopic (exact) mass is 302 g/mol. The van der Waals surface area contributed by atoms with Crippen molar-refractivity contribution in [3.63, 3.8) is 0 Å². The minimum Gasteiger partial charge on any atom is -0.462 e. The molecule has 0 unspecified atom stereocenters. The molecule has 0 saturated heterocycles. The van der Waals surface area contributed by atoms with E-state index in [1.165, 1.54) is 18.4 Å². The molecule has 0 radical (unpaired) electrons. The molecule has 0 amide bonds. The van der Waals surface area contributed by atoms with Crippen molar-refractivity contribution in [1.29, 1.82) is 0 Å². The van der Waals surface area contributed by atoms with E-state index in [4.69, 9.17) is 4.74 Å². The van der Waals surface area contributed by atoms with Gasteiger partial charge in [-0.3, -0.25) is 0 Å². The number of carbonyl (C=O) groups is 1. The summed E-state index contributed by atoms with van der Waals surface area (Å²) in [4.78, 5) is 11.1. The van der Waals surface area contributed by atoms with Crippen LogP contribution in [-0.2, 0) is 9.53 Å². The van der Waals surface area contributed by atoms with Crippen molar-refractivity contribution in [2.75, 3.05) is 6.61 Å². The largest absolute Gasteiger partial charge is 0.462 e. The molecule has 0 heterocycles. The Morgan fingerprint density at radius 3 is 2.14 bits per heavy atom. The highest BCUT2D eigenvalue weighted by Crippen LogP contribution is 2.08. The summed E-state index contributed by atoms with van der Waals surface area (Å²) in [6.45, 7) is 14.0. The third-order valence-electron chi connectivity index (χ3n) is 3.21. The van der Waals surface area contributed by atoms with Gasteiger partial charge in [-0.2, -0.15) is 0 Å². The van der Waals surface area contributed by atoms with Crippen LogP contribution in [0.5, 0.6) is 0 Å². The minimum absolute atomic E-state index is 0.237. The zero-order valence-electron chi connectivity index (χ0n) is 14.4. The molecule has 0 N–H and O–H groups in total. The van der Waals surface area contributed by atoms with Gasteiger partial charge in [-0.15, -0.1) is 0 Å². The van der Waals surface area contributed by atoms with Crippen molar-refractivity contribution in [1.82, 2.24) is 0 Å².